The third-order valence-corrected chi connectivity index (χ3v) is 7.56. The van der Waals surface area contributed by atoms with Crippen LogP contribution in [0.25, 0.3) is 21.7 Å². The average molecular weight is 547 g/mol. The maximum atomic E-state index is 9.87. The van der Waals surface area contributed by atoms with Crippen molar-refractivity contribution >= 4 is 44.7 Å². The van der Waals surface area contributed by atoms with Crippen LogP contribution in [0.5, 0.6) is 17.2 Å². The van der Waals surface area contributed by atoms with Crippen molar-refractivity contribution in [2.45, 2.75) is 25.9 Å². The quantitative estimate of drug-likeness (QED) is 0.267. The second-order valence-corrected chi connectivity index (χ2v) is 10.1. The van der Waals surface area contributed by atoms with Crippen LogP contribution < -0.4 is 19.5 Å². The number of aliphatic hydroxyl groups is 1. The number of hydrogen-bond acceptors (Lipinski definition) is 8. The molecule has 2 N–H and O–H groups in total. The molecule has 0 aliphatic carbocycles. The summed E-state index contributed by atoms with van der Waals surface area (Å²) in [6.07, 6.45) is 2.94. The summed E-state index contributed by atoms with van der Waals surface area (Å²) < 4.78 is 17.4. The Morgan fingerprint density at radius 2 is 1.79 bits per heavy atom. The molecule has 9 heteroatoms. The molecule has 1 aromatic heterocycles. The van der Waals surface area contributed by atoms with Crippen LogP contribution in [0.4, 0.5) is 11.4 Å². The predicted molar refractivity (Wildman–Crippen MR) is 154 cm³/mol. The molecule has 0 unspecified atom stereocenters. The van der Waals surface area contributed by atoms with Gasteiger partial charge in [0.1, 0.15) is 18.4 Å². The van der Waals surface area contributed by atoms with Crippen LogP contribution >= 0.6 is 11.6 Å². The first-order valence-electron chi connectivity index (χ1n) is 12.9. The van der Waals surface area contributed by atoms with Crippen molar-refractivity contribution in [2.75, 3.05) is 45.8 Å². The number of ether oxygens (including phenoxy) is 3. The normalized spacial score (nSPS) is 14.4. The van der Waals surface area contributed by atoms with Gasteiger partial charge in [0.2, 0.25) is 0 Å². The van der Waals surface area contributed by atoms with Gasteiger partial charge in [0, 0.05) is 48.1 Å². The third kappa shape index (κ3) is 5.39. The first-order chi connectivity index (χ1) is 18.9. The molecule has 0 amide bonds. The molecule has 0 saturated carbocycles. The fourth-order valence-corrected chi connectivity index (χ4v) is 5.34. The molecule has 1 fully saturated rings. The molecule has 1 saturated heterocycles. The molecule has 0 radical (unpaired) electrons. The van der Waals surface area contributed by atoms with Crippen LogP contribution in [-0.4, -0.2) is 61.6 Å². The molecule has 1 aliphatic heterocycles. The number of nitrogens with zero attached hydrogens (tertiary/aromatic N) is 3. The van der Waals surface area contributed by atoms with Gasteiger partial charge in [0.15, 0.2) is 11.5 Å². The lowest BCUT2D eigenvalue weighted by Crippen LogP contribution is -2.38. The molecule has 39 heavy (non-hydrogen) atoms. The summed E-state index contributed by atoms with van der Waals surface area (Å²) >= 11 is 6.55. The van der Waals surface area contributed by atoms with E-state index in [9.17, 15) is 10.4 Å². The number of likely N-dealkylation sites (tertiary alicyclic amines) is 1. The molecule has 0 spiro atoms. The fourth-order valence-electron chi connectivity index (χ4n) is 5.07. The van der Waals surface area contributed by atoms with Gasteiger partial charge in [-0.2, -0.15) is 5.26 Å². The van der Waals surface area contributed by atoms with Crippen molar-refractivity contribution in [3.8, 4) is 23.3 Å². The number of methoxy groups -OCH3 is 2. The zero-order chi connectivity index (χ0) is 27.5. The Labute approximate surface area is 232 Å². The molecule has 5 rings (SSSR count). The number of nitriles is 1. The van der Waals surface area contributed by atoms with E-state index in [1.807, 2.05) is 43.3 Å². The molecule has 0 atom stereocenters. The largest absolute Gasteiger partial charge is 0.496 e. The molecule has 0 bridgehead atoms. The summed E-state index contributed by atoms with van der Waals surface area (Å²) in [5.41, 5.74) is 3.28. The Morgan fingerprint density at radius 3 is 2.51 bits per heavy atom. The van der Waals surface area contributed by atoms with Gasteiger partial charge in [-0.25, -0.2) is 0 Å². The van der Waals surface area contributed by atoms with E-state index in [1.54, 1.807) is 20.4 Å². The van der Waals surface area contributed by atoms with Crippen molar-refractivity contribution in [2.24, 2.45) is 0 Å². The Balaban J connectivity index is 1.53. The topological polar surface area (TPSA) is 99.9 Å². The minimum absolute atomic E-state index is 0.203. The number of nitrogens with one attached hydrogen (secondary N) is 1. The number of aryl methyl sites for hydroxylation is 1. The highest BCUT2D eigenvalue weighted by atomic mass is 35.5. The highest BCUT2D eigenvalue weighted by molar-refractivity contribution is 6.33. The molecule has 202 valence electrons. The summed E-state index contributed by atoms with van der Waals surface area (Å²) in [4.78, 5) is 6.96. The second-order valence-electron chi connectivity index (χ2n) is 9.66. The molecule has 1 aliphatic rings. The molecule has 2 heterocycles. The van der Waals surface area contributed by atoms with Gasteiger partial charge in [0.25, 0.3) is 0 Å². The number of pyridine rings is 1. The van der Waals surface area contributed by atoms with Crippen LogP contribution in [0.1, 0.15) is 24.0 Å². The zero-order valence-corrected chi connectivity index (χ0v) is 23.0. The summed E-state index contributed by atoms with van der Waals surface area (Å²) in [5.74, 6) is 1.99. The van der Waals surface area contributed by atoms with Crippen molar-refractivity contribution in [3.63, 3.8) is 0 Å². The highest BCUT2D eigenvalue weighted by Crippen LogP contribution is 2.41. The molecule has 4 aromatic rings. The second kappa shape index (κ2) is 11.5. The van der Waals surface area contributed by atoms with E-state index in [-0.39, 0.29) is 6.10 Å². The lowest BCUT2D eigenvalue weighted by molar-refractivity contribution is 0.0754. The van der Waals surface area contributed by atoms with E-state index in [0.717, 1.165) is 59.7 Å². The third-order valence-electron chi connectivity index (χ3n) is 7.24. The monoisotopic (exact) mass is 546 g/mol. The molecular formula is C30H31ClN4O4. The Bertz CT molecular complexity index is 1560. The lowest BCUT2D eigenvalue weighted by atomic mass is 10.0. The van der Waals surface area contributed by atoms with Crippen molar-refractivity contribution in [1.29, 1.82) is 5.26 Å². The van der Waals surface area contributed by atoms with E-state index in [4.69, 9.17) is 25.8 Å². The van der Waals surface area contributed by atoms with Gasteiger partial charge in [-0.1, -0.05) is 11.6 Å². The van der Waals surface area contributed by atoms with E-state index < -0.39 is 0 Å². The van der Waals surface area contributed by atoms with E-state index >= 15 is 0 Å². The van der Waals surface area contributed by atoms with Crippen LogP contribution in [0.15, 0.2) is 42.6 Å². The summed E-state index contributed by atoms with van der Waals surface area (Å²) in [6.45, 7) is 4.90. The van der Waals surface area contributed by atoms with Crippen molar-refractivity contribution in [3.05, 3.63) is 58.7 Å². The van der Waals surface area contributed by atoms with Crippen LogP contribution in [0.2, 0.25) is 5.02 Å². The number of benzene rings is 3. The maximum absolute atomic E-state index is 9.87. The smallest absolute Gasteiger partial charge is 0.169 e. The molecular weight excluding hydrogens is 516 g/mol. The fraction of sp³-hybridized carbons (Fsp3) is 0.333. The maximum Gasteiger partial charge on any atom is 0.169 e. The van der Waals surface area contributed by atoms with Crippen LogP contribution in [0, 0.1) is 18.3 Å². The number of aliphatic hydroxyl groups excluding tert-OH is 1. The first-order valence-corrected chi connectivity index (χ1v) is 13.3. The van der Waals surface area contributed by atoms with Gasteiger partial charge in [0.05, 0.1) is 47.8 Å². The number of fused-ring (bicyclic) bond motifs is 3. The van der Waals surface area contributed by atoms with E-state index in [2.05, 4.69) is 21.3 Å². The summed E-state index contributed by atoms with van der Waals surface area (Å²) in [5, 5.41) is 26.0. The van der Waals surface area contributed by atoms with Crippen LogP contribution in [-0.2, 0) is 0 Å². The van der Waals surface area contributed by atoms with Gasteiger partial charge >= 0.3 is 0 Å². The van der Waals surface area contributed by atoms with Crippen molar-refractivity contribution in [1.82, 2.24) is 9.88 Å². The number of aromatic nitrogens is 1. The number of hydrogen-bond donors (Lipinski definition) is 2. The predicted octanol–water partition coefficient (Wildman–Crippen LogP) is 5.82. The molecule has 3 aromatic carbocycles. The molecule has 8 nitrogen and oxygen atoms in total. The standard InChI is InChI=1S/C30H31ClN4O4/c1-18-14-24(31)25(15-27(18)38-3)34-28-19(16-32)17-33-29-21-6-7-26(37-2)30(22(21)4-5-23(28)29)39-13-12-35-10-8-20(36)9-11-35/h4-7,14-15,17,20,36H,8-13H2,1-3H3,(H,33,34). The zero-order valence-electron chi connectivity index (χ0n) is 22.3. The lowest BCUT2D eigenvalue weighted by Gasteiger charge is -2.29. The Morgan fingerprint density at radius 1 is 1.08 bits per heavy atom. The Hall–Kier alpha value is -3.77. The SMILES string of the molecule is COc1cc(Nc2c(C#N)cnc3c2ccc2c(OCCN4CCC(O)CC4)c(OC)ccc23)c(Cl)cc1C. The number of halogens is 1. The summed E-state index contributed by atoms with van der Waals surface area (Å²) in [7, 11) is 3.24. The van der Waals surface area contributed by atoms with Crippen LogP contribution in [0.3, 0.4) is 0 Å². The minimum atomic E-state index is -0.203. The van der Waals surface area contributed by atoms with Gasteiger partial charge < -0.3 is 24.6 Å². The number of rotatable bonds is 8. The minimum Gasteiger partial charge on any atom is -0.496 e. The van der Waals surface area contributed by atoms with E-state index in [0.29, 0.717) is 45.8 Å². The Kier molecular flexibility index (Phi) is 7.94. The summed E-state index contributed by atoms with van der Waals surface area (Å²) in [6, 6.07) is 13.6. The number of piperidine rings is 1. The van der Waals surface area contributed by atoms with Crippen molar-refractivity contribution < 1.29 is 19.3 Å². The van der Waals surface area contributed by atoms with Gasteiger partial charge in [-0.15, -0.1) is 0 Å². The highest BCUT2D eigenvalue weighted by Gasteiger charge is 2.19. The van der Waals surface area contributed by atoms with Gasteiger partial charge in [-0.3, -0.25) is 9.88 Å². The van der Waals surface area contributed by atoms with E-state index in [1.165, 1.54) is 0 Å². The average Bonchev–Trinajstić information content (AvgIpc) is 2.95. The first kappa shape index (κ1) is 26.8. The van der Waals surface area contributed by atoms with Gasteiger partial charge in [-0.05, 0) is 55.7 Å². The number of anilines is 2.